The van der Waals surface area contributed by atoms with E-state index >= 15 is 0 Å². The first-order valence-corrected chi connectivity index (χ1v) is 10.1. The Labute approximate surface area is 161 Å². The van der Waals surface area contributed by atoms with Gasteiger partial charge in [0.15, 0.2) is 5.82 Å². The van der Waals surface area contributed by atoms with Crippen LogP contribution in [0.5, 0.6) is 0 Å². The van der Waals surface area contributed by atoms with Crippen molar-refractivity contribution in [2.24, 2.45) is 0 Å². The third-order valence-corrected chi connectivity index (χ3v) is 5.60. The van der Waals surface area contributed by atoms with Gasteiger partial charge in [-0.2, -0.15) is 0 Å². The number of hydrogen-bond donors (Lipinski definition) is 1. The van der Waals surface area contributed by atoms with Crippen LogP contribution < -0.4 is 5.32 Å². The van der Waals surface area contributed by atoms with E-state index in [1.165, 1.54) is 0 Å². The van der Waals surface area contributed by atoms with Crippen LogP contribution in [0.25, 0.3) is 11.5 Å². The highest BCUT2D eigenvalue weighted by molar-refractivity contribution is 7.09. The van der Waals surface area contributed by atoms with Crippen molar-refractivity contribution in [2.75, 3.05) is 0 Å². The maximum atomic E-state index is 12.3. The van der Waals surface area contributed by atoms with Gasteiger partial charge in [0.25, 0.3) is 0 Å². The summed E-state index contributed by atoms with van der Waals surface area (Å²) in [4.78, 5) is 20.9. The van der Waals surface area contributed by atoms with Gasteiger partial charge >= 0.3 is 0 Å². The molecule has 0 fully saturated rings. The predicted octanol–water partition coefficient (Wildman–Crippen LogP) is 2.56. The minimum absolute atomic E-state index is 0.0943. The molecule has 1 atom stereocenters. The highest BCUT2D eigenvalue weighted by Crippen LogP contribution is 2.24. The molecule has 3 aromatic rings. The Hall–Kier alpha value is -2.61. The molecule has 4 rings (SSSR count). The Kier molecular flexibility index (Phi) is 5.24. The number of thiazole rings is 1. The van der Waals surface area contributed by atoms with Gasteiger partial charge in [-0.05, 0) is 37.8 Å². The van der Waals surface area contributed by atoms with E-state index in [-0.39, 0.29) is 11.9 Å². The van der Waals surface area contributed by atoms with E-state index in [1.807, 2.05) is 30.6 Å². The number of carbonyl (C=O) groups excluding carboxylic acids is 1. The minimum atomic E-state index is 0.0943. The van der Waals surface area contributed by atoms with E-state index in [0.717, 1.165) is 53.7 Å². The smallest absolute Gasteiger partial charge is 0.220 e. The molecule has 8 heteroatoms. The van der Waals surface area contributed by atoms with Gasteiger partial charge in [0, 0.05) is 43.2 Å². The fourth-order valence-corrected chi connectivity index (χ4v) is 3.98. The van der Waals surface area contributed by atoms with Crippen LogP contribution in [0, 0.1) is 6.92 Å². The molecule has 4 heterocycles. The fraction of sp³-hybridized carbons (Fsp3) is 0.421. The van der Waals surface area contributed by atoms with Crippen molar-refractivity contribution in [1.82, 2.24) is 30.0 Å². The molecule has 3 aromatic heterocycles. The van der Waals surface area contributed by atoms with E-state index in [1.54, 1.807) is 17.5 Å². The van der Waals surface area contributed by atoms with Crippen LogP contribution in [0.1, 0.15) is 35.7 Å². The van der Waals surface area contributed by atoms with Gasteiger partial charge in [0.1, 0.15) is 11.5 Å². The van der Waals surface area contributed by atoms with Crippen molar-refractivity contribution < 1.29 is 4.79 Å². The Balaban J connectivity index is 1.35. The molecule has 0 saturated carbocycles. The van der Waals surface area contributed by atoms with E-state index in [0.29, 0.717) is 12.8 Å². The Morgan fingerprint density at radius 2 is 2.30 bits per heavy atom. The lowest BCUT2D eigenvalue weighted by atomic mass is 10.1. The highest BCUT2D eigenvalue weighted by atomic mass is 32.1. The summed E-state index contributed by atoms with van der Waals surface area (Å²) in [6.45, 7) is 2.78. The van der Waals surface area contributed by atoms with Crippen molar-refractivity contribution in [3.63, 3.8) is 0 Å². The number of hydrogen-bond acceptors (Lipinski definition) is 6. The molecule has 1 N–H and O–H groups in total. The second-order valence-corrected chi connectivity index (χ2v) is 7.86. The third kappa shape index (κ3) is 4.21. The maximum absolute atomic E-state index is 12.3. The number of nitrogens with one attached hydrogen (secondary N) is 1. The van der Waals surface area contributed by atoms with Crippen molar-refractivity contribution in [2.45, 2.75) is 51.6 Å². The number of rotatable bonds is 5. The second-order valence-electron chi connectivity index (χ2n) is 6.80. The number of aromatic nitrogens is 5. The largest absolute Gasteiger partial charge is 0.353 e. The first-order chi connectivity index (χ1) is 13.2. The summed E-state index contributed by atoms with van der Waals surface area (Å²) in [6, 6.07) is 4.06. The number of fused-ring (bicyclic) bond motifs is 1. The molecule has 1 aliphatic rings. The Morgan fingerprint density at radius 1 is 1.37 bits per heavy atom. The van der Waals surface area contributed by atoms with Crippen molar-refractivity contribution >= 4 is 17.2 Å². The lowest BCUT2D eigenvalue weighted by Crippen LogP contribution is -2.35. The van der Waals surface area contributed by atoms with Crippen LogP contribution in [0.4, 0.5) is 0 Å². The van der Waals surface area contributed by atoms with Gasteiger partial charge in [0.05, 0.1) is 5.01 Å². The molecule has 140 valence electrons. The Morgan fingerprint density at radius 3 is 3.07 bits per heavy atom. The summed E-state index contributed by atoms with van der Waals surface area (Å²) < 4.78 is 2.15. The summed E-state index contributed by atoms with van der Waals surface area (Å²) in [6.07, 6.45) is 7.32. The van der Waals surface area contributed by atoms with Gasteiger partial charge < -0.3 is 9.88 Å². The van der Waals surface area contributed by atoms with E-state index < -0.39 is 0 Å². The first-order valence-electron chi connectivity index (χ1n) is 9.22. The lowest BCUT2D eigenvalue weighted by Gasteiger charge is -2.16. The molecule has 0 saturated heterocycles. The average Bonchev–Trinajstić information content (AvgIpc) is 3.23. The zero-order valence-electron chi connectivity index (χ0n) is 15.3. The monoisotopic (exact) mass is 382 g/mol. The summed E-state index contributed by atoms with van der Waals surface area (Å²) >= 11 is 1.62. The standard InChI is InChI=1S/C19H22N6OS/c1-13-21-16(12-27-13)19-24-23-17-6-5-15(8-10-25(17)19)22-18(26)7-4-14-3-2-9-20-11-14/h2-3,9,11-12,15H,4-8,10H2,1H3,(H,22,26). The molecule has 7 nitrogen and oxygen atoms in total. The minimum Gasteiger partial charge on any atom is -0.353 e. The van der Waals surface area contributed by atoms with E-state index in [4.69, 9.17) is 0 Å². The predicted molar refractivity (Wildman–Crippen MR) is 103 cm³/mol. The average molecular weight is 382 g/mol. The molecule has 27 heavy (non-hydrogen) atoms. The molecule has 1 aliphatic heterocycles. The molecule has 1 amide bonds. The van der Waals surface area contributed by atoms with Gasteiger partial charge in [-0.3, -0.25) is 9.78 Å². The van der Waals surface area contributed by atoms with Crippen molar-refractivity contribution in [3.8, 4) is 11.5 Å². The maximum Gasteiger partial charge on any atom is 0.220 e. The van der Waals surface area contributed by atoms with Crippen LogP contribution in [-0.2, 0) is 24.2 Å². The normalized spacial score (nSPS) is 16.6. The molecule has 0 aliphatic carbocycles. The van der Waals surface area contributed by atoms with Crippen LogP contribution in [0.2, 0.25) is 0 Å². The van der Waals surface area contributed by atoms with Gasteiger partial charge in [-0.25, -0.2) is 4.98 Å². The molecular formula is C19H22N6OS. The molecular weight excluding hydrogens is 360 g/mol. The van der Waals surface area contributed by atoms with Crippen LogP contribution in [-0.4, -0.2) is 36.7 Å². The summed E-state index contributed by atoms with van der Waals surface area (Å²) in [5.74, 6) is 1.90. The summed E-state index contributed by atoms with van der Waals surface area (Å²) in [5.41, 5.74) is 1.97. The first kappa shape index (κ1) is 17.8. The summed E-state index contributed by atoms with van der Waals surface area (Å²) in [7, 11) is 0. The number of carbonyl (C=O) groups is 1. The van der Waals surface area contributed by atoms with Gasteiger partial charge in [0.2, 0.25) is 5.91 Å². The van der Waals surface area contributed by atoms with E-state index in [2.05, 4.69) is 30.0 Å². The van der Waals surface area contributed by atoms with Crippen LogP contribution >= 0.6 is 11.3 Å². The van der Waals surface area contributed by atoms with Gasteiger partial charge in [-0.15, -0.1) is 21.5 Å². The van der Waals surface area contributed by atoms with Crippen molar-refractivity contribution in [3.05, 3.63) is 46.3 Å². The quantitative estimate of drug-likeness (QED) is 0.733. The molecule has 0 radical (unpaired) electrons. The zero-order chi connectivity index (χ0) is 18.6. The Bertz CT molecular complexity index is 919. The lowest BCUT2D eigenvalue weighted by molar-refractivity contribution is -0.121. The number of pyridine rings is 1. The number of aryl methyl sites for hydroxylation is 3. The topological polar surface area (TPSA) is 85.6 Å². The highest BCUT2D eigenvalue weighted by Gasteiger charge is 2.22. The van der Waals surface area contributed by atoms with E-state index in [9.17, 15) is 4.79 Å². The fourth-order valence-electron chi connectivity index (χ4n) is 3.39. The molecule has 1 unspecified atom stereocenters. The third-order valence-electron chi connectivity index (χ3n) is 4.82. The SMILES string of the molecule is Cc1nc(-c2nnc3n2CCC(NC(=O)CCc2cccnc2)CC3)cs1. The number of nitrogens with zero attached hydrogens (tertiary/aromatic N) is 5. The molecule has 0 spiro atoms. The van der Waals surface area contributed by atoms with Crippen LogP contribution in [0.15, 0.2) is 29.9 Å². The molecule has 0 bridgehead atoms. The molecule has 0 aromatic carbocycles. The van der Waals surface area contributed by atoms with Crippen LogP contribution in [0.3, 0.4) is 0 Å². The second kappa shape index (κ2) is 7.96. The zero-order valence-corrected chi connectivity index (χ0v) is 16.1. The van der Waals surface area contributed by atoms with Gasteiger partial charge in [-0.1, -0.05) is 6.07 Å². The number of amides is 1. The van der Waals surface area contributed by atoms with Crippen molar-refractivity contribution in [1.29, 1.82) is 0 Å². The summed E-state index contributed by atoms with van der Waals surface area (Å²) in [5, 5.41) is 14.9.